The van der Waals surface area contributed by atoms with E-state index in [0.717, 1.165) is 23.5 Å². The van der Waals surface area contributed by atoms with Gasteiger partial charge in [-0.15, -0.1) is 0 Å². The first-order valence-corrected chi connectivity index (χ1v) is 7.38. The van der Waals surface area contributed by atoms with Gasteiger partial charge in [0.2, 0.25) is 0 Å². The van der Waals surface area contributed by atoms with Gasteiger partial charge in [-0.1, -0.05) is 36.4 Å². The SMILES string of the molecule is CCOc1cccc(CCN)c1OCc1ccccc1C. The molecular weight excluding hydrogens is 262 g/mol. The number of para-hydroxylation sites is 1. The maximum Gasteiger partial charge on any atom is 0.164 e. The largest absolute Gasteiger partial charge is 0.490 e. The van der Waals surface area contributed by atoms with E-state index in [1.165, 1.54) is 11.1 Å². The molecule has 0 bridgehead atoms. The van der Waals surface area contributed by atoms with Crippen molar-refractivity contribution in [2.75, 3.05) is 13.2 Å². The highest BCUT2D eigenvalue weighted by molar-refractivity contribution is 5.47. The first kappa shape index (κ1) is 15.4. The average molecular weight is 285 g/mol. The molecule has 0 saturated heterocycles. The van der Waals surface area contributed by atoms with Crippen LogP contribution in [0.15, 0.2) is 42.5 Å². The molecule has 0 aliphatic carbocycles. The van der Waals surface area contributed by atoms with Gasteiger partial charge in [0, 0.05) is 0 Å². The first-order chi connectivity index (χ1) is 10.3. The topological polar surface area (TPSA) is 44.5 Å². The molecule has 0 fully saturated rings. The van der Waals surface area contributed by atoms with Crippen LogP contribution >= 0.6 is 0 Å². The molecule has 0 atom stereocenters. The van der Waals surface area contributed by atoms with Crippen LogP contribution in [0.5, 0.6) is 11.5 Å². The number of rotatable bonds is 7. The Hall–Kier alpha value is -2.00. The van der Waals surface area contributed by atoms with Gasteiger partial charge in [0.05, 0.1) is 6.61 Å². The summed E-state index contributed by atoms with van der Waals surface area (Å²) in [4.78, 5) is 0. The summed E-state index contributed by atoms with van der Waals surface area (Å²) in [5.74, 6) is 1.60. The fourth-order valence-corrected chi connectivity index (χ4v) is 2.27. The van der Waals surface area contributed by atoms with Crippen molar-refractivity contribution in [2.45, 2.75) is 26.9 Å². The quantitative estimate of drug-likeness (QED) is 0.847. The van der Waals surface area contributed by atoms with E-state index >= 15 is 0 Å². The van der Waals surface area contributed by atoms with Gasteiger partial charge in [-0.25, -0.2) is 0 Å². The van der Waals surface area contributed by atoms with E-state index in [0.29, 0.717) is 19.8 Å². The highest BCUT2D eigenvalue weighted by Crippen LogP contribution is 2.32. The molecule has 0 radical (unpaired) electrons. The lowest BCUT2D eigenvalue weighted by molar-refractivity contribution is 0.266. The molecule has 0 aromatic heterocycles. The van der Waals surface area contributed by atoms with Crippen molar-refractivity contribution < 1.29 is 9.47 Å². The number of nitrogens with two attached hydrogens (primary N) is 1. The van der Waals surface area contributed by atoms with Gasteiger partial charge < -0.3 is 15.2 Å². The molecule has 112 valence electrons. The summed E-state index contributed by atoms with van der Waals surface area (Å²) < 4.78 is 11.7. The molecule has 0 aliphatic heterocycles. The minimum absolute atomic E-state index is 0.536. The Kier molecular flexibility index (Phi) is 5.64. The molecule has 2 N–H and O–H groups in total. The zero-order valence-electron chi connectivity index (χ0n) is 12.8. The first-order valence-electron chi connectivity index (χ1n) is 7.38. The van der Waals surface area contributed by atoms with Crippen LogP contribution in [-0.2, 0) is 13.0 Å². The molecule has 2 aromatic carbocycles. The van der Waals surface area contributed by atoms with Crippen molar-refractivity contribution in [3.63, 3.8) is 0 Å². The number of benzene rings is 2. The third-order valence-corrected chi connectivity index (χ3v) is 3.41. The molecule has 0 heterocycles. The van der Waals surface area contributed by atoms with Gasteiger partial charge in [-0.2, -0.15) is 0 Å². The molecule has 0 amide bonds. The summed E-state index contributed by atoms with van der Waals surface area (Å²) in [6, 6.07) is 14.2. The van der Waals surface area contributed by atoms with Crippen LogP contribution in [-0.4, -0.2) is 13.2 Å². The Morgan fingerprint density at radius 1 is 0.952 bits per heavy atom. The molecule has 2 rings (SSSR count). The number of aryl methyl sites for hydroxylation is 1. The molecule has 0 unspecified atom stereocenters. The van der Waals surface area contributed by atoms with Crippen molar-refractivity contribution in [1.82, 2.24) is 0 Å². The van der Waals surface area contributed by atoms with E-state index in [9.17, 15) is 0 Å². The number of hydrogen-bond donors (Lipinski definition) is 1. The van der Waals surface area contributed by atoms with E-state index in [4.69, 9.17) is 15.2 Å². The summed E-state index contributed by atoms with van der Waals surface area (Å²) in [6.45, 7) is 5.81. The highest BCUT2D eigenvalue weighted by atomic mass is 16.5. The molecule has 3 heteroatoms. The molecule has 0 saturated carbocycles. The van der Waals surface area contributed by atoms with Gasteiger partial charge in [-0.05, 0) is 49.6 Å². The smallest absolute Gasteiger partial charge is 0.164 e. The number of hydrogen-bond acceptors (Lipinski definition) is 3. The Bertz CT molecular complexity index is 557. The van der Waals surface area contributed by atoms with Crippen LogP contribution in [0.1, 0.15) is 23.6 Å². The van der Waals surface area contributed by atoms with Crippen molar-refractivity contribution in [2.24, 2.45) is 5.73 Å². The van der Waals surface area contributed by atoms with Crippen molar-refractivity contribution in [1.29, 1.82) is 0 Å². The van der Waals surface area contributed by atoms with Crippen molar-refractivity contribution >= 4 is 0 Å². The second-order valence-electron chi connectivity index (χ2n) is 4.93. The van der Waals surface area contributed by atoms with Crippen LogP contribution in [0.4, 0.5) is 0 Å². The van der Waals surface area contributed by atoms with Gasteiger partial charge in [0.25, 0.3) is 0 Å². The lowest BCUT2D eigenvalue weighted by Gasteiger charge is -2.16. The lowest BCUT2D eigenvalue weighted by Crippen LogP contribution is -2.07. The van der Waals surface area contributed by atoms with E-state index < -0.39 is 0 Å². The molecule has 2 aromatic rings. The zero-order valence-corrected chi connectivity index (χ0v) is 12.8. The normalized spacial score (nSPS) is 10.4. The van der Waals surface area contributed by atoms with E-state index in [-0.39, 0.29) is 0 Å². The fourth-order valence-electron chi connectivity index (χ4n) is 2.27. The van der Waals surface area contributed by atoms with Crippen molar-refractivity contribution in [3.8, 4) is 11.5 Å². The standard InChI is InChI=1S/C18H23NO2/c1-3-20-17-10-6-9-15(11-12-19)18(17)21-13-16-8-5-4-7-14(16)2/h4-10H,3,11-13,19H2,1-2H3. The highest BCUT2D eigenvalue weighted by Gasteiger charge is 2.11. The Labute approximate surface area is 126 Å². The maximum atomic E-state index is 6.06. The predicted molar refractivity (Wildman–Crippen MR) is 85.9 cm³/mol. The van der Waals surface area contributed by atoms with Gasteiger partial charge in [0.15, 0.2) is 11.5 Å². The predicted octanol–water partition coefficient (Wildman–Crippen LogP) is 3.47. The monoisotopic (exact) mass is 285 g/mol. The van der Waals surface area contributed by atoms with E-state index in [1.54, 1.807) is 0 Å². The average Bonchev–Trinajstić information content (AvgIpc) is 2.49. The summed E-state index contributed by atoms with van der Waals surface area (Å²) >= 11 is 0. The maximum absolute atomic E-state index is 6.06. The summed E-state index contributed by atoms with van der Waals surface area (Å²) in [5.41, 5.74) is 9.19. The molecule has 0 spiro atoms. The molecule has 3 nitrogen and oxygen atoms in total. The Balaban J connectivity index is 2.22. The molecule has 21 heavy (non-hydrogen) atoms. The van der Waals surface area contributed by atoms with Crippen LogP contribution in [0.2, 0.25) is 0 Å². The summed E-state index contributed by atoms with van der Waals surface area (Å²) in [6.07, 6.45) is 0.782. The summed E-state index contributed by atoms with van der Waals surface area (Å²) in [7, 11) is 0. The van der Waals surface area contributed by atoms with Crippen LogP contribution in [0.25, 0.3) is 0 Å². The van der Waals surface area contributed by atoms with Crippen LogP contribution < -0.4 is 15.2 Å². The zero-order chi connectivity index (χ0) is 15.1. The van der Waals surface area contributed by atoms with Crippen LogP contribution in [0, 0.1) is 6.92 Å². The third-order valence-electron chi connectivity index (χ3n) is 3.41. The van der Waals surface area contributed by atoms with E-state index in [2.05, 4.69) is 19.1 Å². The van der Waals surface area contributed by atoms with Crippen molar-refractivity contribution in [3.05, 3.63) is 59.2 Å². The molecule has 0 aliphatic rings. The lowest BCUT2D eigenvalue weighted by atomic mass is 10.1. The third kappa shape index (κ3) is 3.99. The van der Waals surface area contributed by atoms with Gasteiger partial charge in [0.1, 0.15) is 6.61 Å². The van der Waals surface area contributed by atoms with Gasteiger partial charge >= 0.3 is 0 Å². The van der Waals surface area contributed by atoms with Crippen LogP contribution in [0.3, 0.4) is 0 Å². The molecular formula is C18H23NO2. The second kappa shape index (κ2) is 7.70. The minimum Gasteiger partial charge on any atom is -0.490 e. The second-order valence-corrected chi connectivity index (χ2v) is 4.93. The minimum atomic E-state index is 0.536. The van der Waals surface area contributed by atoms with Gasteiger partial charge in [-0.3, -0.25) is 0 Å². The van der Waals surface area contributed by atoms with E-state index in [1.807, 2.05) is 37.3 Å². The Morgan fingerprint density at radius 2 is 1.71 bits per heavy atom. The summed E-state index contributed by atoms with van der Waals surface area (Å²) in [5, 5.41) is 0. The fraction of sp³-hybridized carbons (Fsp3) is 0.333. The Morgan fingerprint density at radius 3 is 2.43 bits per heavy atom. The number of ether oxygens (including phenoxy) is 2.